The topological polar surface area (TPSA) is 62.9 Å². The Labute approximate surface area is 151 Å². The summed E-state index contributed by atoms with van der Waals surface area (Å²) in [5.74, 6) is 0. The number of hydrogen-bond donors (Lipinski definition) is 1. The van der Waals surface area contributed by atoms with Gasteiger partial charge in [0.05, 0.1) is 4.90 Å². The monoisotopic (exact) mass is 372 g/mol. The summed E-state index contributed by atoms with van der Waals surface area (Å²) >= 11 is 1.37. The summed E-state index contributed by atoms with van der Waals surface area (Å²) in [6.07, 6.45) is 3.53. The van der Waals surface area contributed by atoms with Gasteiger partial charge in [0, 0.05) is 11.6 Å². The summed E-state index contributed by atoms with van der Waals surface area (Å²) in [6, 6.07) is 18.3. The zero-order chi connectivity index (χ0) is 17.9. The van der Waals surface area contributed by atoms with Crippen LogP contribution in [0.1, 0.15) is 5.56 Å². The van der Waals surface area contributed by atoms with E-state index in [9.17, 15) is 8.42 Å². The Kier molecular flexibility index (Phi) is 5.06. The average molecular weight is 372 g/mol. The van der Waals surface area contributed by atoms with E-state index in [1.165, 1.54) is 16.4 Å². The molecule has 0 saturated heterocycles. The van der Waals surface area contributed by atoms with Gasteiger partial charge in [-0.2, -0.15) is 8.42 Å². The molecule has 0 fully saturated rings. The second kappa shape index (κ2) is 7.25. The van der Waals surface area contributed by atoms with E-state index in [1.807, 2.05) is 43.5 Å². The standard InChI is InChI=1S/C18H18N3O2S2/c1-14-8-10-16(11-9-14)25(22,23)20-21-13-12-17(19-18(21)24-2)15-6-4-3-5-7-15/h3-13,20H,1-2H3/q+1. The molecule has 0 aliphatic heterocycles. The molecule has 0 aliphatic carbocycles. The summed E-state index contributed by atoms with van der Waals surface area (Å²) < 4.78 is 26.6. The van der Waals surface area contributed by atoms with Crippen LogP contribution < -0.4 is 9.51 Å². The molecular weight excluding hydrogens is 354 g/mol. The summed E-state index contributed by atoms with van der Waals surface area (Å²) in [7, 11) is -3.68. The normalized spacial score (nSPS) is 11.3. The maximum Gasteiger partial charge on any atom is 0.383 e. The zero-order valence-corrected chi connectivity index (χ0v) is 15.5. The highest BCUT2D eigenvalue weighted by Crippen LogP contribution is 2.18. The SMILES string of the molecule is CSc1nc(-c2ccccc2)cc[n+]1NS(=O)(=O)c1ccc(C)cc1. The smallest absolute Gasteiger partial charge is 0.198 e. The van der Waals surface area contributed by atoms with Crippen LogP contribution in [-0.2, 0) is 10.0 Å². The molecular formula is C18H18N3O2S2+. The van der Waals surface area contributed by atoms with Crippen molar-refractivity contribution in [2.75, 3.05) is 11.1 Å². The fourth-order valence-electron chi connectivity index (χ4n) is 2.29. The predicted octanol–water partition coefficient (Wildman–Crippen LogP) is 3.00. The lowest BCUT2D eigenvalue weighted by Gasteiger charge is -2.08. The number of nitrogens with zero attached hydrogens (tertiary/aromatic N) is 2. The number of hydrogen-bond acceptors (Lipinski definition) is 4. The van der Waals surface area contributed by atoms with Crippen molar-refractivity contribution in [1.82, 2.24) is 4.98 Å². The zero-order valence-electron chi connectivity index (χ0n) is 13.9. The maximum atomic E-state index is 12.6. The van der Waals surface area contributed by atoms with Crippen molar-refractivity contribution < 1.29 is 13.1 Å². The van der Waals surface area contributed by atoms with Crippen LogP contribution in [0.15, 0.2) is 76.9 Å². The van der Waals surface area contributed by atoms with E-state index in [0.29, 0.717) is 5.16 Å². The lowest BCUT2D eigenvalue weighted by atomic mass is 10.1. The van der Waals surface area contributed by atoms with Gasteiger partial charge in [-0.3, -0.25) is 0 Å². The lowest BCUT2D eigenvalue weighted by Crippen LogP contribution is -2.50. The highest BCUT2D eigenvalue weighted by molar-refractivity contribution is 7.98. The van der Waals surface area contributed by atoms with Gasteiger partial charge >= 0.3 is 5.16 Å². The fraction of sp³-hybridized carbons (Fsp3) is 0.111. The molecule has 7 heteroatoms. The van der Waals surface area contributed by atoms with Gasteiger partial charge in [-0.05, 0) is 42.1 Å². The van der Waals surface area contributed by atoms with E-state index in [1.54, 1.807) is 36.5 Å². The maximum absolute atomic E-state index is 12.6. The van der Waals surface area contributed by atoms with Crippen LogP contribution in [0.2, 0.25) is 0 Å². The molecule has 0 aliphatic rings. The van der Waals surface area contributed by atoms with Crippen LogP contribution in [0.3, 0.4) is 0 Å². The number of sulfonamides is 1. The molecule has 0 spiro atoms. The molecule has 1 N–H and O–H groups in total. The molecule has 0 saturated carbocycles. The third-order valence-electron chi connectivity index (χ3n) is 3.61. The predicted molar refractivity (Wildman–Crippen MR) is 99.4 cm³/mol. The Morgan fingerprint density at radius 3 is 2.32 bits per heavy atom. The molecule has 1 heterocycles. The first kappa shape index (κ1) is 17.4. The minimum Gasteiger partial charge on any atom is -0.198 e. The van der Waals surface area contributed by atoms with Crippen molar-refractivity contribution in [2.24, 2.45) is 0 Å². The van der Waals surface area contributed by atoms with E-state index >= 15 is 0 Å². The third kappa shape index (κ3) is 4.00. The minimum atomic E-state index is -3.68. The van der Waals surface area contributed by atoms with E-state index in [-0.39, 0.29) is 4.90 Å². The summed E-state index contributed by atoms with van der Waals surface area (Å²) in [5.41, 5.74) is 2.77. The van der Waals surface area contributed by atoms with Gasteiger partial charge in [-0.25, -0.2) is 0 Å². The Morgan fingerprint density at radius 2 is 1.68 bits per heavy atom. The van der Waals surface area contributed by atoms with Gasteiger partial charge < -0.3 is 0 Å². The van der Waals surface area contributed by atoms with Crippen molar-refractivity contribution in [3.8, 4) is 11.3 Å². The molecule has 5 nitrogen and oxygen atoms in total. The Hall–Kier alpha value is -2.38. The molecule has 0 atom stereocenters. The molecule has 0 radical (unpaired) electrons. The van der Waals surface area contributed by atoms with Gasteiger partial charge in [0.15, 0.2) is 5.69 Å². The molecule has 0 unspecified atom stereocenters. The van der Waals surface area contributed by atoms with Gasteiger partial charge in [0.2, 0.25) is 0 Å². The van der Waals surface area contributed by atoms with Crippen molar-refractivity contribution in [3.05, 3.63) is 72.4 Å². The summed E-state index contributed by atoms with van der Waals surface area (Å²) in [4.78, 5) is 7.32. The second-order valence-electron chi connectivity index (χ2n) is 5.44. The van der Waals surface area contributed by atoms with Gasteiger partial charge in [-0.1, -0.05) is 48.0 Å². The number of rotatable bonds is 5. The number of nitrogens with one attached hydrogen (secondary N) is 1. The van der Waals surface area contributed by atoms with Gasteiger partial charge in [-0.15, -0.1) is 9.51 Å². The number of aryl methyl sites for hydroxylation is 1. The van der Waals surface area contributed by atoms with E-state index in [2.05, 4.69) is 9.82 Å². The fourth-order valence-corrected chi connectivity index (χ4v) is 3.84. The average Bonchev–Trinajstić information content (AvgIpc) is 2.63. The van der Waals surface area contributed by atoms with Crippen molar-refractivity contribution in [1.29, 1.82) is 0 Å². The molecule has 25 heavy (non-hydrogen) atoms. The molecule has 1 aromatic heterocycles. The number of aromatic nitrogens is 2. The van der Waals surface area contributed by atoms with E-state index in [0.717, 1.165) is 16.8 Å². The quantitative estimate of drug-likeness (QED) is 0.425. The summed E-state index contributed by atoms with van der Waals surface area (Å²) in [6.45, 7) is 1.91. The molecule has 128 valence electrons. The Bertz CT molecular complexity index is 973. The van der Waals surface area contributed by atoms with Crippen molar-refractivity contribution >= 4 is 21.8 Å². The van der Waals surface area contributed by atoms with Gasteiger partial charge in [0.25, 0.3) is 10.0 Å². The van der Waals surface area contributed by atoms with Crippen LogP contribution in [-0.4, -0.2) is 19.7 Å². The molecule has 2 aromatic carbocycles. The van der Waals surface area contributed by atoms with Crippen molar-refractivity contribution in [3.63, 3.8) is 0 Å². The van der Waals surface area contributed by atoms with Crippen LogP contribution in [0.5, 0.6) is 0 Å². The molecule has 0 bridgehead atoms. The number of benzene rings is 2. The van der Waals surface area contributed by atoms with E-state index < -0.39 is 10.0 Å². The Morgan fingerprint density at radius 1 is 1.00 bits per heavy atom. The van der Waals surface area contributed by atoms with Crippen LogP contribution in [0.4, 0.5) is 0 Å². The second-order valence-corrected chi connectivity index (χ2v) is 7.88. The molecule has 0 amide bonds. The van der Waals surface area contributed by atoms with Crippen LogP contribution in [0, 0.1) is 6.92 Å². The molecule has 3 aromatic rings. The van der Waals surface area contributed by atoms with E-state index in [4.69, 9.17) is 0 Å². The lowest BCUT2D eigenvalue weighted by molar-refractivity contribution is -0.680. The first-order valence-corrected chi connectivity index (χ1v) is 10.3. The highest BCUT2D eigenvalue weighted by Gasteiger charge is 2.21. The van der Waals surface area contributed by atoms with Crippen LogP contribution >= 0.6 is 11.8 Å². The highest BCUT2D eigenvalue weighted by atomic mass is 32.2. The van der Waals surface area contributed by atoms with Gasteiger partial charge in [0.1, 0.15) is 6.20 Å². The minimum absolute atomic E-state index is 0.213. The largest absolute Gasteiger partial charge is 0.383 e. The third-order valence-corrected chi connectivity index (χ3v) is 5.59. The summed E-state index contributed by atoms with van der Waals surface area (Å²) in [5, 5.41) is 0.553. The Balaban J connectivity index is 1.93. The van der Waals surface area contributed by atoms with Crippen LogP contribution in [0.25, 0.3) is 11.3 Å². The first-order chi connectivity index (χ1) is 12.0. The molecule has 3 rings (SSSR count). The first-order valence-electron chi connectivity index (χ1n) is 7.61. The van der Waals surface area contributed by atoms with Crippen molar-refractivity contribution in [2.45, 2.75) is 17.0 Å². The number of thioether (sulfide) groups is 1.